The van der Waals surface area contributed by atoms with E-state index in [0.717, 1.165) is 23.1 Å². The number of benzene rings is 2. The standard InChI is InChI=1S/C61H68F4N10O17/c1-9-60(88)35-20-40-50-33(25-74(40)55(85)34(35)28-89-56(60)86)49-37(16-15-32-30(2)36(62)21-38(71-50)48(32)49)72-54(84)51(61(63,64)65)90-29-69-43(77)23-67-52(82)39(19-31-13-11-10-12-14-31)70-44(78)24-66-42(76)22-68-53(83)41(75-45(79)17-18-46(75)80)26-73(57(87)92-59(6,7)8)27-47(81)91-58(3,4)5/h10-14,17-18,20-21,37,39,41,51,88H,9,15-16,19,22-29H2,1-8H3,(H,66,76)(H,67,82)(H,68,83)(H,69,77)(H,70,78)(H,72,84)/t37-,39+,41-,51+,60+/m1/s1. The van der Waals surface area contributed by atoms with Gasteiger partial charge in [0.05, 0.1) is 61.2 Å². The average Bonchev–Trinajstić information content (AvgIpc) is 1.46. The van der Waals surface area contributed by atoms with Gasteiger partial charge < -0.3 is 60.5 Å². The molecule has 9 amide bonds. The smallest absolute Gasteiger partial charge is 0.423 e. The lowest BCUT2D eigenvalue weighted by molar-refractivity contribution is -0.220. The Labute approximate surface area is 522 Å². The van der Waals surface area contributed by atoms with Gasteiger partial charge in [-0.25, -0.2) is 19.0 Å². The quantitative estimate of drug-likeness (QED) is 0.0170. The van der Waals surface area contributed by atoms with Crippen molar-refractivity contribution >= 4 is 76.2 Å². The second kappa shape index (κ2) is 27.0. The number of nitrogens with one attached hydrogen (secondary N) is 6. The van der Waals surface area contributed by atoms with Crippen LogP contribution in [0.25, 0.3) is 22.3 Å². The number of ether oxygens (including phenoxy) is 4. The number of aryl methyl sites for hydroxylation is 1. The number of hydrogen-bond donors (Lipinski definition) is 7. The van der Waals surface area contributed by atoms with Gasteiger partial charge in [-0.1, -0.05) is 37.3 Å². The molecule has 492 valence electrons. The summed E-state index contributed by atoms with van der Waals surface area (Å²) in [5.74, 6) is -11.4. The number of esters is 2. The number of hydrogen-bond acceptors (Lipinski definition) is 18. The van der Waals surface area contributed by atoms with Gasteiger partial charge in [-0.05, 0) is 96.0 Å². The number of nitrogens with zero attached hydrogens (tertiary/aromatic N) is 4. The molecule has 0 saturated heterocycles. The first-order chi connectivity index (χ1) is 43.1. The molecule has 31 heteroatoms. The Kier molecular flexibility index (Phi) is 20.1. The highest BCUT2D eigenvalue weighted by atomic mass is 19.4. The summed E-state index contributed by atoms with van der Waals surface area (Å²) in [6.07, 6.45) is -8.30. The number of carbonyl (C=O) groups excluding carboxylic acids is 11. The molecule has 5 atom stereocenters. The minimum Gasteiger partial charge on any atom is -0.459 e. The molecule has 3 aliphatic heterocycles. The molecule has 0 unspecified atom stereocenters. The van der Waals surface area contributed by atoms with Crippen LogP contribution < -0.4 is 37.5 Å². The van der Waals surface area contributed by atoms with Crippen LogP contribution in [0.2, 0.25) is 0 Å². The Bertz CT molecular complexity index is 3770. The maximum absolute atomic E-state index is 15.5. The van der Waals surface area contributed by atoms with Crippen LogP contribution >= 0.6 is 0 Å². The van der Waals surface area contributed by atoms with Crippen LogP contribution in [-0.2, 0) is 98.5 Å². The van der Waals surface area contributed by atoms with Crippen molar-refractivity contribution in [3.8, 4) is 11.4 Å². The molecule has 0 spiro atoms. The van der Waals surface area contributed by atoms with Gasteiger partial charge in [0.2, 0.25) is 35.6 Å². The molecule has 4 aliphatic rings. The summed E-state index contributed by atoms with van der Waals surface area (Å²) in [4.78, 5) is 165. The van der Waals surface area contributed by atoms with Crippen LogP contribution in [0.15, 0.2) is 59.4 Å². The summed E-state index contributed by atoms with van der Waals surface area (Å²) in [5, 5.41) is 25.3. The van der Waals surface area contributed by atoms with E-state index in [0.29, 0.717) is 27.0 Å². The van der Waals surface area contributed by atoms with Crippen LogP contribution in [0.5, 0.6) is 0 Å². The molecule has 1 aliphatic carbocycles. The molecular weight excluding hydrogens is 1220 g/mol. The fourth-order valence-electron chi connectivity index (χ4n) is 10.9. The summed E-state index contributed by atoms with van der Waals surface area (Å²) < 4.78 is 81.9. The van der Waals surface area contributed by atoms with Crippen molar-refractivity contribution in [1.29, 1.82) is 0 Å². The molecule has 0 fully saturated rings. The van der Waals surface area contributed by atoms with Crippen molar-refractivity contribution in [3.63, 3.8) is 0 Å². The van der Waals surface area contributed by atoms with Gasteiger partial charge in [-0.15, -0.1) is 0 Å². The Morgan fingerprint density at radius 2 is 1.45 bits per heavy atom. The Balaban J connectivity index is 0.881. The zero-order chi connectivity index (χ0) is 67.5. The lowest BCUT2D eigenvalue weighted by atomic mass is 9.81. The van der Waals surface area contributed by atoms with E-state index in [1.807, 2.05) is 5.32 Å². The second-order valence-corrected chi connectivity index (χ2v) is 24.1. The van der Waals surface area contributed by atoms with Gasteiger partial charge in [0.1, 0.15) is 49.0 Å². The third-order valence-corrected chi connectivity index (χ3v) is 15.2. The topological polar surface area (TPSA) is 358 Å². The fourth-order valence-corrected chi connectivity index (χ4v) is 10.9. The van der Waals surface area contributed by atoms with Crippen molar-refractivity contribution in [3.05, 3.63) is 110 Å². The van der Waals surface area contributed by atoms with E-state index >= 15 is 4.39 Å². The lowest BCUT2D eigenvalue weighted by Crippen LogP contribution is -2.57. The fraction of sp³-hybridized carbons (Fsp3) is 0.459. The first-order valence-corrected chi connectivity index (χ1v) is 29.1. The molecule has 8 rings (SSSR count). The first-order valence-electron chi connectivity index (χ1n) is 29.1. The molecule has 0 radical (unpaired) electrons. The van der Waals surface area contributed by atoms with Crippen molar-refractivity contribution in [2.24, 2.45) is 0 Å². The van der Waals surface area contributed by atoms with Gasteiger partial charge in [-0.3, -0.25) is 57.7 Å². The number of aliphatic hydroxyl groups is 1. The largest absolute Gasteiger partial charge is 0.459 e. The molecule has 27 nitrogen and oxygen atoms in total. The summed E-state index contributed by atoms with van der Waals surface area (Å²) in [6.45, 7) is 6.25. The first kappa shape index (κ1) is 68.3. The molecular formula is C61H68F4N10O17. The highest BCUT2D eigenvalue weighted by molar-refractivity contribution is 6.15. The molecule has 0 bridgehead atoms. The number of pyridine rings is 2. The minimum atomic E-state index is -5.38. The highest BCUT2D eigenvalue weighted by Gasteiger charge is 2.49. The number of amides is 9. The summed E-state index contributed by atoms with van der Waals surface area (Å²) in [5.41, 5.74) is -2.93. The Morgan fingerprint density at radius 1 is 0.815 bits per heavy atom. The van der Waals surface area contributed by atoms with E-state index in [4.69, 9.17) is 23.9 Å². The van der Waals surface area contributed by atoms with E-state index in [1.54, 1.807) is 51.1 Å². The van der Waals surface area contributed by atoms with Gasteiger partial charge in [0.25, 0.3) is 23.3 Å². The maximum atomic E-state index is 15.5. The summed E-state index contributed by atoms with van der Waals surface area (Å²) in [6, 6.07) is 6.16. The third kappa shape index (κ3) is 15.4. The molecule has 2 aromatic carbocycles. The van der Waals surface area contributed by atoms with Crippen LogP contribution in [0.4, 0.5) is 22.4 Å². The van der Waals surface area contributed by atoms with Crippen molar-refractivity contribution in [2.75, 3.05) is 39.5 Å². The lowest BCUT2D eigenvalue weighted by Gasteiger charge is -2.32. The number of rotatable bonds is 22. The second-order valence-electron chi connectivity index (χ2n) is 24.1. The normalized spacial score (nSPS) is 17.5. The molecule has 7 N–H and O–H groups in total. The predicted molar refractivity (Wildman–Crippen MR) is 312 cm³/mol. The minimum absolute atomic E-state index is 0.00638. The van der Waals surface area contributed by atoms with Crippen LogP contribution in [0, 0.1) is 12.7 Å². The van der Waals surface area contributed by atoms with Crippen molar-refractivity contribution < 1.29 is 94.4 Å². The number of fused-ring (bicyclic) bond motifs is 5. The molecule has 92 heavy (non-hydrogen) atoms. The van der Waals surface area contributed by atoms with Gasteiger partial charge in [0, 0.05) is 41.2 Å². The van der Waals surface area contributed by atoms with Crippen molar-refractivity contribution in [1.82, 2.24) is 51.3 Å². The molecule has 4 aromatic rings. The zero-order valence-corrected chi connectivity index (χ0v) is 51.3. The van der Waals surface area contributed by atoms with E-state index in [9.17, 15) is 75.8 Å². The summed E-state index contributed by atoms with van der Waals surface area (Å²) >= 11 is 0. The third-order valence-electron chi connectivity index (χ3n) is 15.2. The monoisotopic (exact) mass is 1290 g/mol. The van der Waals surface area contributed by atoms with Crippen LogP contribution in [-0.4, -0.2) is 165 Å². The molecule has 0 saturated carbocycles. The number of aromatic nitrogens is 2. The number of carbonyl (C=O) groups is 11. The zero-order valence-electron chi connectivity index (χ0n) is 51.3. The van der Waals surface area contributed by atoms with Gasteiger partial charge in [0.15, 0.2) is 5.60 Å². The number of alkyl halides is 3. The number of imide groups is 1. The van der Waals surface area contributed by atoms with E-state index in [-0.39, 0.29) is 71.4 Å². The highest BCUT2D eigenvalue weighted by Crippen LogP contribution is 2.46. The Hall–Kier alpha value is -9.65. The van der Waals surface area contributed by atoms with Gasteiger partial charge in [-0.2, -0.15) is 13.2 Å². The van der Waals surface area contributed by atoms with E-state index in [1.165, 1.54) is 45.3 Å². The SMILES string of the molecule is CC[C@@]1(O)C(=O)OCc2c1cc1n(c2=O)Cc2c-1nc1cc(F)c(C)c3c1c2[C@H](NC(=O)[C@H](OCNC(=O)CNC(=O)[C@H](Cc1ccccc1)NC(=O)CNC(=O)CNC(=O)[C@@H](CN(CC(=O)OC(C)(C)C)C(=O)OC(C)(C)C)N1C(=O)C=CC1=O)C(F)(F)F)CC3. The maximum Gasteiger partial charge on any atom is 0.423 e. The van der Waals surface area contributed by atoms with Gasteiger partial charge >= 0.3 is 24.2 Å². The van der Waals surface area contributed by atoms with E-state index in [2.05, 4.69) is 26.6 Å². The number of halogens is 4. The molecule has 2 aromatic heterocycles. The van der Waals surface area contributed by atoms with Crippen LogP contribution in [0.1, 0.15) is 106 Å². The Morgan fingerprint density at radius 3 is 2.08 bits per heavy atom. The average molecular weight is 1290 g/mol. The van der Waals surface area contributed by atoms with Crippen molar-refractivity contribution in [2.45, 2.75) is 141 Å². The molecule has 5 heterocycles. The summed E-state index contributed by atoms with van der Waals surface area (Å²) in [7, 11) is 0. The predicted octanol–water partition coefficient (Wildman–Crippen LogP) is 1.60. The number of cyclic esters (lactones) is 1. The van der Waals surface area contributed by atoms with Crippen LogP contribution in [0.3, 0.4) is 0 Å². The van der Waals surface area contributed by atoms with E-state index < -0.39 is 170 Å².